The van der Waals surface area contributed by atoms with Crippen molar-refractivity contribution >= 4 is 16.5 Å². The Balaban J connectivity index is 1.75. The van der Waals surface area contributed by atoms with E-state index in [1.807, 2.05) is 0 Å². The van der Waals surface area contributed by atoms with Crippen LogP contribution in [0.5, 0.6) is 0 Å². The summed E-state index contributed by atoms with van der Waals surface area (Å²) in [5, 5.41) is 0. The molecule has 4 unspecified atom stereocenters. The predicted molar refractivity (Wildman–Crippen MR) is 90.5 cm³/mol. The summed E-state index contributed by atoms with van der Waals surface area (Å²) >= 11 is 0. The van der Waals surface area contributed by atoms with Crippen molar-refractivity contribution in [2.45, 2.75) is 58.5 Å². The molecule has 2 aliphatic carbocycles. The maximum absolute atomic E-state index is 3.85. The number of hydrogen-bond donors (Lipinski definition) is 2. The topological polar surface area (TPSA) is 24.1 Å². The van der Waals surface area contributed by atoms with Crippen LogP contribution in [-0.4, -0.2) is 29.6 Å². The first-order valence-corrected chi connectivity index (χ1v) is 15.1. The Morgan fingerprint density at radius 3 is 1.32 bits per heavy atom. The van der Waals surface area contributed by atoms with Gasteiger partial charge >= 0.3 is 0 Å². The van der Waals surface area contributed by atoms with Crippen molar-refractivity contribution in [3.63, 3.8) is 0 Å². The molecular weight excluding hydrogens is 264 g/mol. The Morgan fingerprint density at radius 2 is 1.05 bits per heavy atom. The molecule has 0 heterocycles. The van der Waals surface area contributed by atoms with Crippen LogP contribution in [0.15, 0.2) is 0 Å². The Kier molecular flexibility index (Phi) is 4.66. The highest BCUT2D eigenvalue weighted by Gasteiger charge is 2.45. The highest BCUT2D eigenvalue weighted by atomic mass is 28.3. The fourth-order valence-corrected chi connectivity index (χ4v) is 5.64. The second kappa shape index (κ2) is 5.62. The lowest BCUT2D eigenvalue weighted by Crippen LogP contribution is -2.46. The number of rotatable bonds is 6. The van der Waals surface area contributed by atoms with Gasteiger partial charge in [-0.25, -0.2) is 0 Å². The van der Waals surface area contributed by atoms with Crippen LogP contribution in [0.3, 0.4) is 0 Å². The average molecular weight is 299 g/mol. The van der Waals surface area contributed by atoms with Crippen molar-refractivity contribution in [1.82, 2.24) is 9.96 Å². The van der Waals surface area contributed by atoms with Gasteiger partial charge in [0.15, 0.2) is 0 Å². The van der Waals surface area contributed by atoms with Crippen molar-refractivity contribution in [3.05, 3.63) is 0 Å². The third kappa shape index (κ3) is 4.69. The van der Waals surface area contributed by atoms with Gasteiger partial charge in [0.05, 0.1) is 0 Å². The van der Waals surface area contributed by atoms with E-state index in [2.05, 4.69) is 49.2 Å². The molecule has 0 saturated heterocycles. The summed E-state index contributed by atoms with van der Waals surface area (Å²) in [6, 6.07) is 0. The van der Waals surface area contributed by atoms with Crippen LogP contribution in [-0.2, 0) is 0 Å². The first-order chi connectivity index (χ1) is 8.64. The SMILES string of the molecule is C[Si](C)(C)NCC1CC2CC1CC2CN[Si](C)(C)C. The maximum atomic E-state index is 3.85. The predicted octanol–water partition coefficient (Wildman–Crippen LogP) is 3.50. The minimum atomic E-state index is -1.07. The van der Waals surface area contributed by atoms with E-state index in [-0.39, 0.29) is 0 Å². The molecule has 2 fully saturated rings. The maximum Gasteiger partial charge on any atom is 0.116 e. The summed E-state index contributed by atoms with van der Waals surface area (Å²) < 4.78 is 0. The third-order valence-corrected chi connectivity index (χ3v) is 7.47. The minimum absolute atomic E-state index is 0.986. The lowest BCUT2D eigenvalue weighted by Gasteiger charge is -2.32. The summed E-state index contributed by atoms with van der Waals surface area (Å²) in [5.41, 5.74) is 0. The molecule has 0 spiro atoms. The van der Waals surface area contributed by atoms with Crippen LogP contribution in [0.25, 0.3) is 0 Å². The summed E-state index contributed by atoms with van der Waals surface area (Å²) in [7, 11) is -2.13. The quantitative estimate of drug-likeness (QED) is 0.734. The van der Waals surface area contributed by atoms with E-state index in [0.717, 1.165) is 23.7 Å². The van der Waals surface area contributed by atoms with Crippen molar-refractivity contribution in [1.29, 1.82) is 0 Å². The monoisotopic (exact) mass is 298 g/mol. The standard InChI is InChI=1S/C15H34N2Si2/c1-18(2,3)16-10-14-8-13-7-12(14)9-15(13)11-17-19(4,5)6/h12-17H,7-11H2,1-6H3. The fourth-order valence-electron chi connectivity index (χ4n) is 3.89. The molecule has 2 nitrogen and oxygen atoms in total. The lowest BCUT2D eigenvalue weighted by molar-refractivity contribution is 0.257. The van der Waals surface area contributed by atoms with E-state index in [9.17, 15) is 0 Å². The van der Waals surface area contributed by atoms with Gasteiger partial charge in [-0.3, -0.25) is 0 Å². The highest BCUT2D eigenvalue weighted by Crippen LogP contribution is 2.51. The molecule has 2 bridgehead atoms. The molecule has 2 rings (SSSR count). The van der Waals surface area contributed by atoms with E-state index in [1.54, 1.807) is 0 Å². The normalized spacial score (nSPS) is 35.1. The lowest BCUT2D eigenvalue weighted by atomic mass is 9.82. The third-order valence-electron chi connectivity index (χ3n) is 4.94. The van der Waals surface area contributed by atoms with Crippen molar-refractivity contribution < 1.29 is 0 Å². The molecule has 2 saturated carbocycles. The van der Waals surface area contributed by atoms with Crippen LogP contribution in [0.4, 0.5) is 0 Å². The van der Waals surface area contributed by atoms with Crippen molar-refractivity contribution in [2.24, 2.45) is 23.7 Å². The second-order valence-electron chi connectivity index (χ2n) is 9.01. The van der Waals surface area contributed by atoms with Gasteiger partial charge in [0, 0.05) is 0 Å². The molecule has 0 aromatic rings. The molecule has 2 aliphatic rings. The summed E-state index contributed by atoms with van der Waals surface area (Å²) in [6.07, 6.45) is 4.52. The summed E-state index contributed by atoms with van der Waals surface area (Å²) in [6.45, 7) is 17.1. The van der Waals surface area contributed by atoms with E-state index < -0.39 is 16.5 Å². The van der Waals surface area contributed by atoms with Crippen LogP contribution < -0.4 is 9.96 Å². The van der Waals surface area contributed by atoms with Gasteiger partial charge in [-0.15, -0.1) is 0 Å². The zero-order chi connectivity index (χ0) is 14.3. The second-order valence-corrected chi connectivity index (χ2v) is 18.7. The highest BCUT2D eigenvalue weighted by molar-refractivity contribution is 6.73. The number of fused-ring (bicyclic) bond motifs is 2. The Morgan fingerprint density at radius 1 is 0.684 bits per heavy atom. The molecule has 0 aliphatic heterocycles. The van der Waals surface area contributed by atoms with E-state index in [1.165, 1.54) is 32.4 Å². The first kappa shape index (κ1) is 15.7. The molecule has 0 amide bonds. The Hall–Kier alpha value is 0.354. The van der Waals surface area contributed by atoms with E-state index in [0.29, 0.717) is 0 Å². The minimum Gasteiger partial charge on any atom is -0.337 e. The van der Waals surface area contributed by atoms with Crippen molar-refractivity contribution in [3.8, 4) is 0 Å². The van der Waals surface area contributed by atoms with E-state index in [4.69, 9.17) is 0 Å². The van der Waals surface area contributed by atoms with E-state index >= 15 is 0 Å². The Bertz CT molecular complexity index is 276. The van der Waals surface area contributed by atoms with Gasteiger partial charge in [-0.05, 0) is 56.0 Å². The van der Waals surface area contributed by atoms with Crippen LogP contribution in [0, 0.1) is 23.7 Å². The van der Waals surface area contributed by atoms with Crippen LogP contribution in [0.1, 0.15) is 19.3 Å². The molecule has 0 aromatic heterocycles. The molecule has 2 N–H and O–H groups in total. The van der Waals surface area contributed by atoms with Gasteiger partial charge in [-0.1, -0.05) is 39.3 Å². The van der Waals surface area contributed by atoms with Gasteiger partial charge < -0.3 is 9.96 Å². The van der Waals surface area contributed by atoms with Crippen LogP contribution >= 0.6 is 0 Å². The van der Waals surface area contributed by atoms with Gasteiger partial charge in [0.25, 0.3) is 0 Å². The molecule has 0 radical (unpaired) electrons. The van der Waals surface area contributed by atoms with Gasteiger partial charge in [0.2, 0.25) is 0 Å². The molecule has 19 heavy (non-hydrogen) atoms. The number of hydrogen-bond acceptors (Lipinski definition) is 2. The van der Waals surface area contributed by atoms with Crippen molar-refractivity contribution in [2.75, 3.05) is 13.1 Å². The fraction of sp³-hybridized carbons (Fsp3) is 1.00. The summed E-state index contributed by atoms with van der Waals surface area (Å²) in [5.74, 6) is 4.03. The molecular formula is C15H34N2Si2. The average Bonchev–Trinajstić information content (AvgIpc) is 2.80. The smallest absolute Gasteiger partial charge is 0.116 e. The molecule has 112 valence electrons. The summed E-state index contributed by atoms with van der Waals surface area (Å²) in [4.78, 5) is 7.70. The number of nitrogens with one attached hydrogen (secondary N) is 2. The molecule has 4 heteroatoms. The zero-order valence-corrected chi connectivity index (χ0v) is 15.8. The molecule has 4 atom stereocenters. The van der Waals surface area contributed by atoms with Gasteiger partial charge in [0.1, 0.15) is 16.5 Å². The van der Waals surface area contributed by atoms with Gasteiger partial charge in [-0.2, -0.15) is 0 Å². The molecule has 0 aromatic carbocycles. The van der Waals surface area contributed by atoms with Crippen LogP contribution in [0.2, 0.25) is 39.3 Å². The Labute approximate surface area is 122 Å². The first-order valence-electron chi connectivity index (χ1n) is 8.14. The zero-order valence-electron chi connectivity index (χ0n) is 13.8. The largest absolute Gasteiger partial charge is 0.337 e.